The van der Waals surface area contributed by atoms with Gasteiger partial charge in [-0.3, -0.25) is 19.4 Å². The molecule has 188 valence electrons. The number of carbonyl (C=O) groups is 3. The van der Waals surface area contributed by atoms with Crippen molar-refractivity contribution >= 4 is 36.2 Å². The van der Waals surface area contributed by atoms with Crippen LogP contribution in [0, 0.1) is 0 Å². The summed E-state index contributed by atoms with van der Waals surface area (Å²) in [6, 6.07) is 16.2. The smallest absolute Gasteiger partial charge is 0.243 e. The second-order valence-electron chi connectivity index (χ2n) is 8.18. The standard InChI is InChI=1S/C25H34N6O3S/c26-19(14-17-8-3-1-4-9-17)23(33)31-21(15-18-10-5-2-6-11-18)24(34)30-20(22(32)16-35)12-7-13-29-25(27)28/h1-6,8-11,19-21,35H,7,12-16,26H2,(H,30,34)(H,31,33)(H4,27,28,29)/t19-,20+,21+/m1/s1. The number of nitrogens with one attached hydrogen (secondary N) is 2. The van der Waals surface area contributed by atoms with Crippen LogP contribution in [0.25, 0.3) is 0 Å². The number of benzene rings is 2. The molecule has 0 aliphatic rings. The molecule has 3 atom stereocenters. The van der Waals surface area contributed by atoms with Gasteiger partial charge in [-0.2, -0.15) is 12.6 Å². The van der Waals surface area contributed by atoms with Gasteiger partial charge in [0.2, 0.25) is 11.8 Å². The summed E-state index contributed by atoms with van der Waals surface area (Å²) in [7, 11) is 0. The van der Waals surface area contributed by atoms with E-state index in [0.717, 1.165) is 11.1 Å². The van der Waals surface area contributed by atoms with E-state index < -0.39 is 29.9 Å². The van der Waals surface area contributed by atoms with Gasteiger partial charge in [-0.1, -0.05) is 60.7 Å². The zero-order valence-corrected chi connectivity index (χ0v) is 20.5. The number of carbonyl (C=O) groups excluding carboxylic acids is 3. The van der Waals surface area contributed by atoms with Crippen LogP contribution >= 0.6 is 12.6 Å². The van der Waals surface area contributed by atoms with Crippen molar-refractivity contribution in [2.24, 2.45) is 22.2 Å². The number of guanidine groups is 1. The van der Waals surface area contributed by atoms with E-state index in [1.54, 1.807) is 0 Å². The summed E-state index contributed by atoms with van der Waals surface area (Å²) in [6.07, 6.45) is 1.39. The predicted molar refractivity (Wildman–Crippen MR) is 141 cm³/mol. The number of aliphatic imine (C=N–C) groups is 1. The number of rotatable bonds is 14. The average molecular weight is 499 g/mol. The molecule has 9 nitrogen and oxygen atoms in total. The summed E-state index contributed by atoms with van der Waals surface area (Å²) >= 11 is 4.06. The first kappa shape index (κ1) is 27.9. The molecule has 0 saturated carbocycles. The molecular weight excluding hydrogens is 464 g/mol. The van der Waals surface area contributed by atoms with E-state index in [4.69, 9.17) is 17.2 Å². The Hall–Kier alpha value is -3.37. The Morgan fingerprint density at radius 1 is 0.829 bits per heavy atom. The molecule has 2 rings (SSSR count). The average Bonchev–Trinajstić information content (AvgIpc) is 2.85. The first-order chi connectivity index (χ1) is 16.8. The van der Waals surface area contributed by atoms with Crippen molar-refractivity contribution in [1.82, 2.24) is 10.6 Å². The molecule has 35 heavy (non-hydrogen) atoms. The number of Topliss-reactive ketones (excluding diaryl/α,β-unsaturated/α-hetero) is 1. The fourth-order valence-electron chi connectivity index (χ4n) is 3.50. The van der Waals surface area contributed by atoms with Crippen LogP contribution in [0.15, 0.2) is 65.7 Å². The van der Waals surface area contributed by atoms with Crippen LogP contribution in [0.4, 0.5) is 0 Å². The van der Waals surface area contributed by atoms with Crippen molar-refractivity contribution in [3.8, 4) is 0 Å². The molecule has 10 heteroatoms. The van der Waals surface area contributed by atoms with Gasteiger partial charge in [-0.25, -0.2) is 0 Å². The number of nitrogens with two attached hydrogens (primary N) is 3. The molecule has 0 bridgehead atoms. The lowest BCUT2D eigenvalue weighted by atomic mass is 10.0. The van der Waals surface area contributed by atoms with Crippen LogP contribution in [0.1, 0.15) is 24.0 Å². The lowest BCUT2D eigenvalue weighted by Crippen LogP contribution is -2.55. The topological polar surface area (TPSA) is 166 Å². The first-order valence-corrected chi connectivity index (χ1v) is 12.1. The number of hydrogen-bond acceptors (Lipinski definition) is 6. The summed E-state index contributed by atoms with van der Waals surface area (Å²) in [6.45, 7) is 0.326. The maximum atomic E-state index is 13.2. The fourth-order valence-corrected chi connectivity index (χ4v) is 3.72. The van der Waals surface area contributed by atoms with Gasteiger partial charge in [0.15, 0.2) is 11.7 Å². The second-order valence-corrected chi connectivity index (χ2v) is 8.50. The third-order valence-corrected chi connectivity index (χ3v) is 5.67. The van der Waals surface area contributed by atoms with Crippen LogP contribution in [-0.2, 0) is 27.2 Å². The SMILES string of the molecule is NC(N)=NCCC[C@H](NC(=O)[C@H](Cc1ccccc1)NC(=O)[C@H](N)Cc1ccccc1)C(=O)CS. The van der Waals surface area contributed by atoms with Gasteiger partial charge in [0.05, 0.1) is 17.8 Å². The number of ketones is 1. The zero-order valence-electron chi connectivity index (χ0n) is 19.6. The predicted octanol–water partition coefficient (Wildman–Crippen LogP) is 0.321. The summed E-state index contributed by atoms with van der Waals surface area (Å²) in [4.78, 5) is 42.4. The highest BCUT2D eigenvalue weighted by atomic mass is 32.1. The highest BCUT2D eigenvalue weighted by Crippen LogP contribution is 2.08. The van der Waals surface area contributed by atoms with Crippen molar-refractivity contribution in [2.45, 2.75) is 43.8 Å². The minimum atomic E-state index is -0.917. The Bertz CT molecular complexity index is 983. The maximum Gasteiger partial charge on any atom is 0.243 e. The Balaban J connectivity index is 2.11. The summed E-state index contributed by atoms with van der Waals surface area (Å²) in [5.41, 5.74) is 18.6. The highest BCUT2D eigenvalue weighted by Gasteiger charge is 2.28. The van der Waals surface area contributed by atoms with Crippen LogP contribution in [0.5, 0.6) is 0 Å². The maximum absolute atomic E-state index is 13.2. The molecule has 0 unspecified atom stereocenters. The Morgan fingerprint density at radius 2 is 1.37 bits per heavy atom. The minimum absolute atomic E-state index is 0.0368. The van der Waals surface area contributed by atoms with E-state index in [1.165, 1.54) is 0 Å². The van der Waals surface area contributed by atoms with Crippen molar-refractivity contribution in [3.05, 3.63) is 71.8 Å². The van der Waals surface area contributed by atoms with E-state index in [0.29, 0.717) is 25.8 Å². The monoisotopic (exact) mass is 498 g/mol. The van der Waals surface area contributed by atoms with Crippen LogP contribution in [0.3, 0.4) is 0 Å². The number of hydrogen-bond donors (Lipinski definition) is 6. The van der Waals surface area contributed by atoms with E-state index in [-0.39, 0.29) is 23.9 Å². The lowest BCUT2D eigenvalue weighted by molar-refractivity contribution is -0.131. The molecule has 0 aliphatic carbocycles. The lowest BCUT2D eigenvalue weighted by Gasteiger charge is -2.24. The van der Waals surface area contributed by atoms with Crippen LogP contribution in [-0.4, -0.2) is 54.0 Å². The Labute approximate surface area is 211 Å². The third-order valence-electron chi connectivity index (χ3n) is 5.36. The number of amides is 2. The summed E-state index contributed by atoms with van der Waals surface area (Å²) < 4.78 is 0. The van der Waals surface area contributed by atoms with Crippen molar-refractivity contribution in [3.63, 3.8) is 0 Å². The van der Waals surface area contributed by atoms with E-state index >= 15 is 0 Å². The Kier molecular flexibility index (Phi) is 11.8. The first-order valence-electron chi connectivity index (χ1n) is 11.4. The largest absolute Gasteiger partial charge is 0.370 e. The van der Waals surface area contributed by atoms with Gasteiger partial charge in [0.1, 0.15) is 6.04 Å². The summed E-state index contributed by atoms with van der Waals surface area (Å²) in [5.74, 6) is -1.24. The van der Waals surface area contributed by atoms with Crippen molar-refractivity contribution < 1.29 is 14.4 Å². The molecule has 0 radical (unpaired) electrons. The van der Waals surface area contributed by atoms with Gasteiger partial charge in [-0.15, -0.1) is 0 Å². The molecule has 0 spiro atoms. The summed E-state index contributed by atoms with van der Waals surface area (Å²) in [5, 5.41) is 5.53. The minimum Gasteiger partial charge on any atom is -0.370 e. The van der Waals surface area contributed by atoms with E-state index in [1.807, 2.05) is 60.7 Å². The van der Waals surface area contributed by atoms with Gasteiger partial charge in [-0.05, 0) is 30.4 Å². The van der Waals surface area contributed by atoms with Gasteiger partial charge < -0.3 is 27.8 Å². The molecule has 0 aromatic heterocycles. The zero-order chi connectivity index (χ0) is 25.6. The molecule has 2 aromatic carbocycles. The fraction of sp³-hybridized carbons (Fsp3) is 0.360. The Morgan fingerprint density at radius 3 is 1.91 bits per heavy atom. The van der Waals surface area contributed by atoms with Crippen LogP contribution in [0.2, 0.25) is 0 Å². The molecule has 0 heterocycles. The molecule has 0 aliphatic heterocycles. The quantitative estimate of drug-likeness (QED) is 0.0950. The van der Waals surface area contributed by atoms with Crippen LogP contribution < -0.4 is 27.8 Å². The highest BCUT2D eigenvalue weighted by molar-refractivity contribution is 7.81. The molecule has 0 saturated heterocycles. The molecule has 0 fully saturated rings. The normalized spacial score (nSPS) is 13.2. The second kappa shape index (κ2) is 14.8. The van der Waals surface area contributed by atoms with Crippen molar-refractivity contribution in [2.75, 3.05) is 12.3 Å². The number of thiol groups is 1. The molecule has 2 aromatic rings. The van der Waals surface area contributed by atoms with E-state index in [2.05, 4.69) is 28.3 Å². The van der Waals surface area contributed by atoms with E-state index in [9.17, 15) is 14.4 Å². The molecule has 2 amide bonds. The van der Waals surface area contributed by atoms with Gasteiger partial charge in [0, 0.05) is 13.0 Å². The number of nitrogens with zero attached hydrogens (tertiary/aromatic N) is 1. The molecule has 8 N–H and O–H groups in total. The van der Waals surface area contributed by atoms with Gasteiger partial charge in [0.25, 0.3) is 0 Å². The molecular formula is C25H34N6O3S. The third kappa shape index (κ3) is 10.2. The van der Waals surface area contributed by atoms with Crippen molar-refractivity contribution in [1.29, 1.82) is 0 Å². The van der Waals surface area contributed by atoms with Gasteiger partial charge >= 0.3 is 0 Å².